The summed E-state index contributed by atoms with van der Waals surface area (Å²) in [4.78, 5) is 2.09. The topological polar surface area (TPSA) is 35.5 Å². The summed E-state index contributed by atoms with van der Waals surface area (Å²) in [6, 6.07) is 3.02. The molecule has 0 spiro atoms. The van der Waals surface area contributed by atoms with E-state index in [1.54, 1.807) is 0 Å². The number of aliphatic hydroxyl groups excluding tert-OH is 1. The first-order chi connectivity index (χ1) is 10.7. The largest absolute Gasteiger partial charge is 0.416 e. The molecule has 1 aromatic carbocycles. The molecule has 8 heteroatoms. The molecule has 1 fully saturated rings. The van der Waals surface area contributed by atoms with Crippen LogP contribution in [-0.2, 0) is 6.18 Å². The highest BCUT2D eigenvalue weighted by Crippen LogP contribution is 2.43. The molecule has 0 radical (unpaired) electrons. The summed E-state index contributed by atoms with van der Waals surface area (Å²) in [6.45, 7) is 6.45. The minimum atomic E-state index is -4.42. The van der Waals surface area contributed by atoms with Gasteiger partial charge in [-0.2, -0.15) is 13.2 Å². The maximum atomic E-state index is 13.1. The molecule has 3 nitrogen and oxygen atoms in total. The lowest BCUT2D eigenvalue weighted by atomic mass is 9.79. The molecular weight excluding hydrogens is 364 g/mol. The van der Waals surface area contributed by atoms with Crippen LogP contribution in [0.15, 0.2) is 18.2 Å². The summed E-state index contributed by atoms with van der Waals surface area (Å²) in [6.07, 6.45) is -4.42. The fraction of sp³-hybridized carbons (Fsp3) is 0.625. The van der Waals surface area contributed by atoms with Gasteiger partial charge < -0.3 is 10.4 Å². The van der Waals surface area contributed by atoms with Crippen molar-refractivity contribution >= 4 is 24.0 Å². The quantitative estimate of drug-likeness (QED) is 0.826. The minimum Gasteiger partial charge on any atom is -0.396 e. The van der Waals surface area contributed by atoms with E-state index in [9.17, 15) is 18.3 Å². The number of hydrogen-bond acceptors (Lipinski definition) is 3. The summed E-state index contributed by atoms with van der Waals surface area (Å²) in [7, 11) is 0. The Morgan fingerprint density at radius 1 is 1.25 bits per heavy atom. The van der Waals surface area contributed by atoms with Gasteiger partial charge in [-0.3, -0.25) is 4.90 Å². The van der Waals surface area contributed by atoms with Gasteiger partial charge in [0, 0.05) is 49.3 Å². The first-order valence-corrected chi connectivity index (χ1v) is 7.97. The average Bonchev–Trinajstić information content (AvgIpc) is 2.49. The highest BCUT2D eigenvalue weighted by atomic mass is 35.5. The fourth-order valence-corrected chi connectivity index (χ4v) is 3.29. The van der Waals surface area contributed by atoms with Gasteiger partial charge in [-0.05, 0) is 23.8 Å². The highest BCUT2D eigenvalue weighted by molar-refractivity contribution is 6.31. The number of benzene rings is 1. The number of alkyl halides is 3. The van der Waals surface area contributed by atoms with E-state index in [0.29, 0.717) is 23.7 Å². The van der Waals surface area contributed by atoms with Gasteiger partial charge in [-0.15, -0.1) is 12.4 Å². The van der Waals surface area contributed by atoms with Crippen LogP contribution in [0.5, 0.6) is 0 Å². The number of rotatable bonds is 4. The number of hydrogen-bond donors (Lipinski definition) is 2. The fourth-order valence-electron chi connectivity index (χ4n) is 3.07. The van der Waals surface area contributed by atoms with Crippen LogP contribution in [0.4, 0.5) is 13.2 Å². The first kappa shape index (κ1) is 21.5. The minimum absolute atomic E-state index is 0. The van der Waals surface area contributed by atoms with E-state index < -0.39 is 17.2 Å². The number of piperazine rings is 1. The van der Waals surface area contributed by atoms with Gasteiger partial charge in [0.05, 0.1) is 5.56 Å². The lowest BCUT2D eigenvalue weighted by molar-refractivity contribution is -0.137. The zero-order valence-corrected chi connectivity index (χ0v) is 15.2. The van der Waals surface area contributed by atoms with Gasteiger partial charge in [-0.1, -0.05) is 25.4 Å². The molecule has 0 aromatic heterocycles. The smallest absolute Gasteiger partial charge is 0.396 e. The van der Waals surface area contributed by atoms with Crippen molar-refractivity contribution in [3.05, 3.63) is 34.3 Å². The Labute approximate surface area is 151 Å². The van der Waals surface area contributed by atoms with Crippen molar-refractivity contribution in [2.24, 2.45) is 5.41 Å². The molecule has 0 amide bonds. The molecule has 138 valence electrons. The molecule has 24 heavy (non-hydrogen) atoms. The Morgan fingerprint density at radius 3 is 2.33 bits per heavy atom. The lowest BCUT2D eigenvalue weighted by Crippen LogP contribution is -2.49. The molecular formula is C16H23Cl2F3N2O. The van der Waals surface area contributed by atoms with E-state index in [2.05, 4.69) is 10.2 Å². The van der Waals surface area contributed by atoms with E-state index in [-0.39, 0.29) is 25.1 Å². The van der Waals surface area contributed by atoms with Crippen LogP contribution < -0.4 is 5.32 Å². The third kappa shape index (κ3) is 4.76. The molecule has 1 aliphatic rings. The SMILES string of the molecule is CC(C)(CO)[C@H](c1cc(C(F)(F)F)ccc1Cl)N1CCNCC1.Cl. The second kappa shape index (κ2) is 8.23. The molecule has 1 saturated heterocycles. The van der Waals surface area contributed by atoms with Crippen molar-refractivity contribution < 1.29 is 18.3 Å². The molecule has 2 N–H and O–H groups in total. The average molecular weight is 387 g/mol. The zero-order chi connectivity index (χ0) is 17.3. The number of nitrogens with one attached hydrogen (secondary N) is 1. The van der Waals surface area contributed by atoms with Crippen LogP contribution in [0.2, 0.25) is 5.02 Å². The Kier molecular flexibility index (Phi) is 7.38. The van der Waals surface area contributed by atoms with Crippen LogP contribution in [0, 0.1) is 5.41 Å². The maximum absolute atomic E-state index is 13.1. The van der Waals surface area contributed by atoms with Crippen LogP contribution in [0.1, 0.15) is 31.0 Å². The summed E-state index contributed by atoms with van der Waals surface area (Å²) >= 11 is 6.23. The second-order valence-electron chi connectivity index (χ2n) is 6.57. The second-order valence-corrected chi connectivity index (χ2v) is 6.98. The van der Waals surface area contributed by atoms with Gasteiger partial charge in [-0.25, -0.2) is 0 Å². The third-order valence-corrected chi connectivity index (χ3v) is 4.63. The highest BCUT2D eigenvalue weighted by Gasteiger charge is 2.39. The van der Waals surface area contributed by atoms with E-state index in [1.807, 2.05) is 13.8 Å². The van der Waals surface area contributed by atoms with Gasteiger partial charge in [0.1, 0.15) is 0 Å². The monoisotopic (exact) mass is 386 g/mol. The molecule has 1 atom stereocenters. The number of nitrogens with zero attached hydrogens (tertiary/aromatic N) is 1. The van der Waals surface area contributed by atoms with Crippen molar-refractivity contribution in [3.63, 3.8) is 0 Å². The molecule has 2 rings (SSSR count). The van der Waals surface area contributed by atoms with Crippen molar-refractivity contribution in [2.75, 3.05) is 32.8 Å². The van der Waals surface area contributed by atoms with Crippen LogP contribution in [0.25, 0.3) is 0 Å². The Hall–Kier alpha value is -0.530. The van der Waals surface area contributed by atoms with E-state index >= 15 is 0 Å². The van der Waals surface area contributed by atoms with Crippen molar-refractivity contribution in [1.82, 2.24) is 10.2 Å². The van der Waals surface area contributed by atoms with Crippen LogP contribution in [0.3, 0.4) is 0 Å². The van der Waals surface area contributed by atoms with E-state index in [4.69, 9.17) is 11.6 Å². The van der Waals surface area contributed by atoms with Crippen molar-refractivity contribution in [1.29, 1.82) is 0 Å². The predicted octanol–water partition coefficient (Wildman–Crippen LogP) is 3.75. The maximum Gasteiger partial charge on any atom is 0.416 e. The van der Waals surface area contributed by atoms with E-state index in [1.165, 1.54) is 6.07 Å². The van der Waals surface area contributed by atoms with Crippen LogP contribution >= 0.6 is 24.0 Å². The molecule has 0 unspecified atom stereocenters. The molecule has 1 aromatic rings. The standard InChI is InChI=1S/C16H22ClF3N2O.ClH/c1-15(2,10-23)14(22-7-5-21-6-8-22)12-9-11(16(18,19)20)3-4-13(12)17;/h3-4,9,14,21,23H,5-8,10H2,1-2H3;1H/t14-;/m0./s1. The normalized spacial score (nSPS) is 18.1. The molecule has 1 heterocycles. The zero-order valence-electron chi connectivity index (χ0n) is 13.7. The Bertz CT molecular complexity index is 547. The summed E-state index contributed by atoms with van der Waals surface area (Å²) < 4.78 is 39.2. The van der Waals surface area contributed by atoms with Gasteiger partial charge in [0.2, 0.25) is 0 Å². The lowest BCUT2D eigenvalue weighted by Gasteiger charge is -2.44. The van der Waals surface area contributed by atoms with E-state index in [0.717, 1.165) is 25.2 Å². The predicted molar refractivity (Wildman–Crippen MR) is 91.8 cm³/mol. The summed E-state index contributed by atoms with van der Waals surface area (Å²) in [5.41, 5.74) is -0.918. The molecule has 0 aliphatic carbocycles. The summed E-state index contributed by atoms with van der Waals surface area (Å²) in [5.74, 6) is 0. The Morgan fingerprint density at radius 2 is 1.83 bits per heavy atom. The first-order valence-electron chi connectivity index (χ1n) is 7.59. The molecule has 0 bridgehead atoms. The van der Waals surface area contributed by atoms with Gasteiger partial charge in [0.25, 0.3) is 0 Å². The Balaban J connectivity index is 0.00000288. The van der Waals surface area contributed by atoms with Crippen LogP contribution in [-0.4, -0.2) is 42.8 Å². The van der Waals surface area contributed by atoms with Gasteiger partial charge in [0.15, 0.2) is 0 Å². The van der Waals surface area contributed by atoms with Gasteiger partial charge >= 0.3 is 6.18 Å². The van der Waals surface area contributed by atoms with Crippen molar-refractivity contribution in [3.8, 4) is 0 Å². The molecule has 0 saturated carbocycles. The number of halogens is 5. The summed E-state index contributed by atoms with van der Waals surface area (Å²) in [5, 5.41) is 13.3. The number of aliphatic hydroxyl groups is 1. The third-order valence-electron chi connectivity index (χ3n) is 4.28. The molecule has 1 aliphatic heterocycles. The van der Waals surface area contributed by atoms with Crippen molar-refractivity contribution in [2.45, 2.75) is 26.1 Å².